The van der Waals surface area contributed by atoms with E-state index in [1.165, 1.54) is 19.2 Å². The third-order valence-corrected chi connectivity index (χ3v) is 1.91. The number of hydrogen-bond acceptors (Lipinski definition) is 3. The molecule has 1 aromatic rings. The first-order valence-electron chi connectivity index (χ1n) is 4.04. The first-order chi connectivity index (χ1) is 6.43. The lowest BCUT2D eigenvalue weighted by Gasteiger charge is -2.23. The number of nitrogens with zero attached hydrogens (tertiary/aromatic N) is 1. The Morgan fingerprint density at radius 2 is 2.43 bits per heavy atom. The summed E-state index contributed by atoms with van der Waals surface area (Å²) in [6.07, 6.45) is 2.07. The maximum atomic E-state index is 13.2. The summed E-state index contributed by atoms with van der Waals surface area (Å²) in [6, 6.07) is 1.39. The molecule has 1 aromatic heterocycles. The highest BCUT2D eigenvalue weighted by Gasteiger charge is 2.27. The zero-order chi connectivity index (χ0) is 10.8. The molecule has 1 rings (SSSR count). The fraction of sp³-hybridized carbons (Fsp3) is 0.333. The van der Waals surface area contributed by atoms with Gasteiger partial charge in [0, 0.05) is 11.8 Å². The lowest BCUT2D eigenvalue weighted by molar-refractivity contribution is -0.138. The van der Waals surface area contributed by atoms with E-state index < -0.39 is 17.3 Å². The summed E-state index contributed by atoms with van der Waals surface area (Å²) in [5.41, 5.74) is 4.64. The summed E-state index contributed by atoms with van der Waals surface area (Å²) in [4.78, 5) is 14.0. The van der Waals surface area contributed by atoms with Gasteiger partial charge in [-0.15, -0.1) is 0 Å². The van der Waals surface area contributed by atoms with E-state index in [9.17, 15) is 9.18 Å². The van der Waals surface area contributed by atoms with Crippen LogP contribution in [0.3, 0.4) is 0 Å². The number of aromatic nitrogens is 1. The Morgan fingerprint density at radius 1 is 1.79 bits per heavy atom. The van der Waals surface area contributed by atoms with Crippen LogP contribution < -0.4 is 5.73 Å². The molecule has 4 nitrogen and oxygen atoms in total. The summed E-state index contributed by atoms with van der Waals surface area (Å²) in [6.45, 7) is 1.47. The summed E-state index contributed by atoms with van der Waals surface area (Å²) in [7, 11) is 0. The summed E-state index contributed by atoms with van der Waals surface area (Å²) >= 11 is 0. The van der Waals surface area contributed by atoms with Gasteiger partial charge in [0.1, 0.15) is 5.82 Å². The molecule has 1 atom stereocenters. The lowest BCUT2D eigenvalue weighted by Crippen LogP contribution is -2.36. The van der Waals surface area contributed by atoms with Crippen molar-refractivity contribution < 1.29 is 14.3 Å². The van der Waals surface area contributed by atoms with E-state index in [1.807, 2.05) is 0 Å². The van der Waals surface area contributed by atoms with E-state index in [-0.39, 0.29) is 12.0 Å². The molecule has 0 aromatic carbocycles. The van der Waals surface area contributed by atoms with E-state index in [0.29, 0.717) is 0 Å². The number of carboxylic acids is 1. The zero-order valence-corrected chi connectivity index (χ0v) is 7.70. The predicted molar refractivity (Wildman–Crippen MR) is 48.0 cm³/mol. The minimum absolute atomic E-state index is 0.162. The summed E-state index contributed by atoms with van der Waals surface area (Å²) in [5, 5.41) is 8.58. The molecule has 0 spiro atoms. The molecule has 0 saturated heterocycles. The molecular weight excluding hydrogens is 187 g/mol. The largest absolute Gasteiger partial charge is 0.481 e. The Morgan fingerprint density at radius 3 is 2.93 bits per heavy atom. The Kier molecular flexibility index (Phi) is 2.81. The van der Waals surface area contributed by atoms with Crippen molar-refractivity contribution in [2.24, 2.45) is 5.73 Å². The van der Waals surface area contributed by atoms with Crippen molar-refractivity contribution in [2.75, 3.05) is 0 Å². The minimum atomic E-state index is -1.21. The molecule has 0 unspecified atom stereocenters. The van der Waals surface area contributed by atoms with Gasteiger partial charge in [-0.3, -0.25) is 9.78 Å². The second kappa shape index (κ2) is 3.71. The molecular formula is C9H11FN2O2. The molecule has 76 valence electrons. The third kappa shape index (κ3) is 2.26. The molecule has 0 amide bonds. The van der Waals surface area contributed by atoms with Crippen molar-refractivity contribution in [3.8, 4) is 0 Å². The molecule has 0 saturated carbocycles. The SMILES string of the molecule is C[C@@](N)(CC(=O)O)c1ccncc1F. The molecule has 0 radical (unpaired) electrons. The monoisotopic (exact) mass is 198 g/mol. The van der Waals surface area contributed by atoms with Gasteiger partial charge >= 0.3 is 5.97 Å². The average molecular weight is 198 g/mol. The molecule has 0 aliphatic heterocycles. The van der Waals surface area contributed by atoms with Crippen LogP contribution in [0.25, 0.3) is 0 Å². The van der Waals surface area contributed by atoms with Crippen LogP contribution in [-0.2, 0) is 10.3 Å². The van der Waals surface area contributed by atoms with E-state index in [4.69, 9.17) is 10.8 Å². The number of carbonyl (C=O) groups is 1. The number of aliphatic carboxylic acids is 1. The van der Waals surface area contributed by atoms with Crippen LogP contribution in [0.15, 0.2) is 18.5 Å². The molecule has 5 heteroatoms. The smallest absolute Gasteiger partial charge is 0.305 e. The van der Waals surface area contributed by atoms with Crippen LogP contribution in [0.2, 0.25) is 0 Å². The number of nitrogens with two attached hydrogens (primary N) is 1. The molecule has 3 N–H and O–H groups in total. The van der Waals surface area contributed by atoms with Crippen LogP contribution >= 0.6 is 0 Å². The molecule has 0 aliphatic carbocycles. The topological polar surface area (TPSA) is 76.2 Å². The van der Waals surface area contributed by atoms with Crippen LogP contribution in [0.1, 0.15) is 18.9 Å². The second-order valence-corrected chi connectivity index (χ2v) is 3.34. The van der Waals surface area contributed by atoms with Gasteiger partial charge in [0.25, 0.3) is 0 Å². The van der Waals surface area contributed by atoms with Crippen LogP contribution in [0, 0.1) is 5.82 Å². The molecule has 0 bridgehead atoms. The van der Waals surface area contributed by atoms with Crippen molar-refractivity contribution in [3.05, 3.63) is 29.8 Å². The van der Waals surface area contributed by atoms with Gasteiger partial charge in [0.2, 0.25) is 0 Å². The zero-order valence-electron chi connectivity index (χ0n) is 7.70. The van der Waals surface area contributed by atoms with Gasteiger partial charge in [-0.05, 0) is 13.0 Å². The first-order valence-corrected chi connectivity index (χ1v) is 4.04. The van der Waals surface area contributed by atoms with Crippen molar-refractivity contribution >= 4 is 5.97 Å². The maximum Gasteiger partial charge on any atom is 0.305 e. The van der Waals surface area contributed by atoms with Gasteiger partial charge in [0.05, 0.1) is 18.2 Å². The fourth-order valence-electron chi connectivity index (χ4n) is 1.25. The van der Waals surface area contributed by atoms with Crippen LogP contribution in [0.5, 0.6) is 0 Å². The number of carboxylic acid groups (broad SMARTS) is 1. The standard InChI is InChI=1S/C9H11FN2O2/c1-9(11,4-8(13)14)6-2-3-12-5-7(6)10/h2-3,5H,4,11H2,1H3,(H,13,14)/t9-/m1/s1. The normalized spacial score (nSPS) is 14.8. The quantitative estimate of drug-likeness (QED) is 0.755. The summed E-state index contributed by atoms with van der Waals surface area (Å²) < 4.78 is 13.2. The molecule has 0 aliphatic rings. The van der Waals surface area contributed by atoms with Gasteiger partial charge in [-0.2, -0.15) is 0 Å². The first kappa shape index (κ1) is 10.6. The Bertz CT molecular complexity index is 352. The predicted octanol–water partition coefficient (Wildman–Crippen LogP) is 0.869. The molecule has 1 heterocycles. The number of hydrogen-bond donors (Lipinski definition) is 2. The number of rotatable bonds is 3. The van der Waals surface area contributed by atoms with E-state index in [0.717, 1.165) is 6.20 Å². The van der Waals surface area contributed by atoms with Gasteiger partial charge in [-0.1, -0.05) is 0 Å². The number of pyridine rings is 1. The average Bonchev–Trinajstić information content (AvgIpc) is 2.02. The lowest BCUT2D eigenvalue weighted by atomic mass is 9.90. The van der Waals surface area contributed by atoms with Crippen molar-refractivity contribution in [1.29, 1.82) is 0 Å². The highest BCUT2D eigenvalue weighted by molar-refractivity contribution is 5.68. The van der Waals surface area contributed by atoms with Gasteiger partial charge < -0.3 is 10.8 Å². The number of halogens is 1. The Labute approximate surface area is 80.6 Å². The second-order valence-electron chi connectivity index (χ2n) is 3.34. The molecule has 0 fully saturated rings. The Hall–Kier alpha value is -1.49. The molecule has 14 heavy (non-hydrogen) atoms. The van der Waals surface area contributed by atoms with E-state index >= 15 is 0 Å². The summed E-state index contributed by atoms with van der Waals surface area (Å²) in [5.74, 6) is -1.65. The van der Waals surface area contributed by atoms with Crippen molar-refractivity contribution in [1.82, 2.24) is 4.98 Å². The fourth-order valence-corrected chi connectivity index (χ4v) is 1.25. The Balaban J connectivity index is 3.03. The van der Waals surface area contributed by atoms with Crippen molar-refractivity contribution in [3.63, 3.8) is 0 Å². The highest BCUT2D eigenvalue weighted by atomic mass is 19.1. The van der Waals surface area contributed by atoms with Crippen molar-refractivity contribution in [2.45, 2.75) is 18.9 Å². The highest BCUT2D eigenvalue weighted by Crippen LogP contribution is 2.23. The maximum absolute atomic E-state index is 13.2. The minimum Gasteiger partial charge on any atom is -0.481 e. The van der Waals surface area contributed by atoms with Gasteiger partial charge in [-0.25, -0.2) is 4.39 Å². The van der Waals surface area contributed by atoms with Crippen LogP contribution in [0.4, 0.5) is 4.39 Å². The van der Waals surface area contributed by atoms with Gasteiger partial charge in [0.15, 0.2) is 0 Å². The van der Waals surface area contributed by atoms with Crippen LogP contribution in [-0.4, -0.2) is 16.1 Å². The van der Waals surface area contributed by atoms with E-state index in [2.05, 4.69) is 4.98 Å². The van der Waals surface area contributed by atoms with E-state index in [1.54, 1.807) is 0 Å². The third-order valence-electron chi connectivity index (χ3n) is 1.91.